The highest BCUT2D eigenvalue weighted by molar-refractivity contribution is 5.99. The number of hydrogen-bond acceptors (Lipinski definition) is 2. The number of aliphatic carboxylic acids is 1. The summed E-state index contributed by atoms with van der Waals surface area (Å²) in [6.07, 6.45) is 7.48. The van der Waals surface area contributed by atoms with Gasteiger partial charge >= 0.3 is 5.97 Å². The van der Waals surface area contributed by atoms with Gasteiger partial charge in [-0.1, -0.05) is 18.2 Å². The van der Waals surface area contributed by atoms with Gasteiger partial charge in [-0.25, -0.2) is 0 Å². The monoisotopic (exact) mass is 314 g/mol. The molecule has 3 rings (SSSR count). The van der Waals surface area contributed by atoms with Gasteiger partial charge in [-0.2, -0.15) is 0 Å². The van der Waals surface area contributed by atoms with Gasteiger partial charge in [-0.3, -0.25) is 9.59 Å². The van der Waals surface area contributed by atoms with E-state index in [9.17, 15) is 9.59 Å². The van der Waals surface area contributed by atoms with Gasteiger partial charge in [0.1, 0.15) is 0 Å². The standard InChI is InChI=1S/C20H26O3/c1-13-4-2-7-18-17(13)6-3-5-16(19(18)21)12-14-8-10-15(11-9-14)20(22)23/h2,4,7,14-16H,3,5-6,8-12H2,1H3,(H,22,23). The van der Waals surface area contributed by atoms with Crippen LogP contribution in [0.4, 0.5) is 0 Å². The predicted octanol–water partition coefficient (Wildman–Crippen LogP) is 4.41. The molecule has 0 heterocycles. The number of aryl methyl sites for hydroxylation is 1. The Morgan fingerprint density at radius 3 is 2.61 bits per heavy atom. The molecule has 2 aliphatic rings. The average Bonchev–Trinajstić information content (AvgIpc) is 2.69. The third-order valence-corrected chi connectivity index (χ3v) is 5.84. The molecule has 0 saturated heterocycles. The number of Topliss-reactive ketones (excluding diaryl/α,β-unsaturated/α-hetero) is 1. The fourth-order valence-electron chi connectivity index (χ4n) is 4.41. The molecule has 0 aromatic heterocycles. The molecule has 124 valence electrons. The Bertz CT molecular complexity index is 597. The van der Waals surface area contributed by atoms with E-state index in [1.165, 1.54) is 11.1 Å². The van der Waals surface area contributed by atoms with E-state index in [1.54, 1.807) is 0 Å². The van der Waals surface area contributed by atoms with Crippen LogP contribution in [-0.4, -0.2) is 16.9 Å². The van der Waals surface area contributed by atoms with Crippen LogP contribution in [0.1, 0.15) is 66.4 Å². The highest BCUT2D eigenvalue weighted by Gasteiger charge is 2.31. The van der Waals surface area contributed by atoms with Crippen molar-refractivity contribution >= 4 is 11.8 Å². The van der Waals surface area contributed by atoms with Crippen LogP contribution >= 0.6 is 0 Å². The molecule has 1 saturated carbocycles. The van der Waals surface area contributed by atoms with Gasteiger partial charge < -0.3 is 5.11 Å². The van der Waals surface area contributed by atoms with Crippen molar-refractivity contribution in [2.75, 3.05) is 0 Å². The second kappa shape index (κ2) is 6.86. The van der Waals surface area contributed by atoms with Gasteiger partial charge in [0, 0.05) is 11.5 Å². The van der Waals surface area contributed by atoms with Crippen LogP contribution in [0.5, 0.6) is 0 Å². The maximum atomic E-state index is 12.9. The molecule has 3 heteroatoms. The van der Waals surface area contributed by atoms with Gasteiger partial charge in [-0.15, -0.1) is 0 Å². The number of benzene rings is 1. The van der Waals surface area contributed by atoms with Crippen LogP contribution in [0.25, 0.3) is 0 Å². The highest BCUT2D eigenvalue weighted by atomic mass is 16.4. The summed E-state index contributed by atoms with van der Waals surface area (Å²) in [5.74, 6) is 0.148. The van der Waals surface area contributed by atoms with Crippen molar-refractivity contribution < 1.29 is 14.7 Å². The van der Waals surface area contributed by atoms with Gasteiger partial charge in [0.2, 0.25) is 0 Å². The summed E-state index contributed by atoms with van der Waals surface area (Å²) in [5, 5.41) is 9.11. The Kier molecular flexibility index (Phi) is 4.84. The number of rotatable bonds is 3. The molecule has 23 heavy (non-hydrogen) atoms. The van der Waals surface area contributed by atoms with Gasteiger partial charge in [0.15, 0.2) is 5.78 Å². The topological polar surface area (TPSA) is 54.4 Å². The molecule has 0 spiro atoms. The average molecular weight is 314 g/mol. The summed E-state index contributed by atoms with van der Waals surface area (Å²) in [4.78, 5) is 24.0. The first-order chi connectivity index (χ1) is 11.1. The Hall–Kier alpha value is -1.64. The lowest BCUT2D eigenvalue weighted by Gasteiger charge is -2.28. The third-order valence-electron chi connectivity index (χ3n) is 5.84. The van der Waals surface area contributed by atoms with Crippen molar-refractivity contribution in [3.05, 3.63) is 34.9 Å². The minimum Gasteiger partial charge on any atom is -0.481 e. The second-order valence-electron chi connectivity index (χ2n) is 7.35. The zero-order chi connectivity index (χ0) is 16.4. The van der Waals surface area contributed by atoms with Crippen molar-refractivity contribution in [1.82, 2.24) is 0 Å². The predicted molar refractivity (Wildman–Crippen MR) is 89.6 cm³/mol. The largest absolute Gasteiger partial charge is 0.481 e. The molecule has 2 aliphatic carbocycles. The first-order valence-corrected chi connectivity index (χ1v) is 8.91. The maximum Gasteiger partial charge on any atom is 0.306 e. The van der Waals surface area contributed by atoms with Crippen molar-refractivity contribution in [2.24, 2.45) is 17.8 Å². The fraction of sp³-hybridized carbons (Fsp3) is 0.600. The van der Waals surface area contributed by atoms with E-state index in [0.717, 1.165) is 56.9 Å². The van der Waals surface area contributed by atoms with Crippen LogP contribution < -0.4 is 0 Å². The van der Waals surface area contributed by atoms with E-state index in [-0.39, 0.29) is 11.8 Å². The molecule has 1 aromatic carbocycles. The molecule has 0 amide bonds. The maximum absolute atomic E-state index is 12.9. The lowest BCUT2D eigenvalue weighted by Crippen LogP contribution is -2.24. The van der Waals surface area contributed by atoms with Crippen LogP contribution in [0.3, 0.4) is 0 Å². The highest BCUT2D eigenvalue weighted by Crippen LogP contribution is 2.36. The number of hydrogen-bond donors (Lipinski definition) is 1. The lowest BCUT2D eigenvalue weighted by atomic mass is 9.76. The van der Waals surface area contributed by atoms with Crippen molar-refractivity contribution in [3.63, 3.8) is 0 Å². The van der Waals surface area contributed by atoms with E-state index in [0.29, 0.717) is 11.7 Å². The van der Waals surface area contributed by atoms with E-state index in [1.807, 2.05) is 12.1 Å². The summed E-state index contributed by atoms with van der Waals surface area (Å²) in [6.45, 7) is 2.10. The summed E-state index contributed by atoms with van der Waals surface area (Å²) in [7, 11) is 0. The molecule has 1 unspecified atom stereocenters. The van der Waals surface area contributed by atoms with E-state index in [2.05, 4.69) is 13.0 Å². The van der Waals surface area contributed by atoms with Crippen LogP contribution in [0, 0.1) is 24.7 Å². The summed E-state index contributed by atoms with van der Waals surface area (Å²) in [6, 6.07) is 6.08. The molecule has 1 atom stereocenters. The molecular weight excluding hydrogens is 288 g/mol. The Morgan fingerprint density at radius 2 is 1.91 bits per heavy atom. The van der Waals surface area contributed by atoms with Crippen LogP contribution in [0.15, 0.2) is 18.2 Å². The van der Waals surface area contributed by atoms with Gasteiger partial charge in [-0.05, 0) is 75.3 Å². The van der Waals surface area contributed by atoms with Crippen LogP contribution in [0.2, 0.25) is 0 Å². The Morgan fingerprint density at radius 1 is 1.17 bits per heavy atom. The van der Waals surface area contributed by atoms with E-state index >= 15 is 0 Å². The zero-order valence-electron chi connectivity index (χ0n) is 13.9. The smallest absolute Gasteiger partial charge is 0.306 e. The number of carbonyl (C=O) groups excluding carboxylic acids is 1. The minimum absolute atomic E-state index is 0.129. The van der Waals surface area contributed by atoms with Crippen LogP contribution in [-0.2, 0) is 11.2 Å². The Balaban J connectivity index is 1.67. The van der Waals surface area contributed by atoms with E-state index < -0.39 is 5.97 Å². The molecule has 0 bridgehead atoms. The number of carbonyl (C=O) groups is 2. The molecule has 0 aliphatic heterocycles. The molecule has 1 fully saturated rings. The molecule has 1 aromatic rings. The Labute approximate surface area is 138 Å². The molecule has 1 N–H and O–H groups in total. The van der Waals surface area contributed by atoms with E-state index in [4.69, 9.17) is 5.11 Å². The van der Waals surface area contributed by atoms with Gasteiger partial charge in [0.05, 0.1) is 5.92 Å². The normalized spacial score (nSPS) is 28.0. The minimum atomic E-state index is -0.654. The number of carboxylic acid groups (broad SMARTS) is 1. The molecule has 0 radical (unpaired) electrons. The quantitative estimate of drug-likeness (QED) is 0.841. The molecule has 3 nitrogen and oxygen atoms in total. The summed E-state index contributed by atoms with van der Waals surface area (Å²) in [5.41, 5.74) is 3.42. The third kappa shape index (κ3) is 3.49. The second-order valence-corrected chi connectivity index (χ2v) is 7.35. The first kappa shape index (κ1) is 16.2. The summed E-state index contributed by atoms with van der Waals surface area (Å²) < 4.78 is 0. The molecular formula is C20H26O3. The SMILES string of the molecule is Cc1cccc2c1CCCC(CC1CCC(C(=O)O)CC1)C2=O. The van der Waals surface area contributed by atoms with Crippen molar-refractivity contribution in [3.8, 4) is 0 Å². The number of ketones is 1. The first-order valence-electron chi connectivity index (χ1n) is 8.91. The van der Waals surface area contributed by atoms with Crippen molar-refractivity contribution in [1.29, 1.82) is 0 Å². The fourth-order valence-corrected chi connectivity index (χ4v) is 4.41. The number of fused-ring (bicyclic) bond motifs is 1. The van der Waals surface area contributed by atoms with Gasteiger partial charge in [0.25, 0.3) is 0 Å². The number of carboxylic acids is 1. The van der Waals surface area contributed by atoms with Crippen molar-refractivity contribution in [2.45, 2.75) is 58.3 Å². The summed E-state index contributed by atoms with van der Waals surface area (Å²) >= 11 is 0. The zero-order valence-corrected chi connectivity index (χ0v) is 13.9. The lowest BCUT2D eigenvalue weighted by molar-refractivity contribution is -0.143.